The van der Waals surface area contributed by atoms with Crippen LogP contribution in [0.1, 0.15) is 44.3 Å². The quantitative estimate of drug-likeness (QED) is 0.847. The molecule has 0 saturated heterocycles. The third kappa shape index (κ3) is 2.99. The van der Waals surface area contributed by atoms with Crippen molar-refractivity contribution >= 4 is 27.0 Å². The molecule has 1 heterocycles. The predicted molar refractivity (Wildman–Crippen MR) is 78.6 cm³/mol. The second-order valence-electron chi connectivity index (χ2n) is 5.51. The van der Waals surface area contributed by atoms with Crippen molar-refractivity contribution in [1.29, 1.82) is 0 Å². The van der Waals surface area contributed by atoms with E-state index in [1.165, 1.54) is 44.6 Å². The fourth-order valence-corrected chi connectivity index (χ4v) is 3.32. The fraction of sp³-hybridized carbons (Fsp3) is 0.533. The molecule has 1 aliphatic carbocycles. The van der Waals surface area contributed by atoms with Crippen LogP contribution in [-0.2, 0) is 6.42 Å². The van der Waals surface area contributed by atoms with Crippen molar-refractivity contribution in [2.75, 3.05) is 0 Å². The molecule has 1 aromatic heterocycles. The van der Waals surface area contributed by atoms with Gasteiger partial charge in [-0.3, -0.25) is 0 Å². The van der Waals surface area contributed by atoms with Crippen LogP contribution >= 0.6 is 15.9 Å². The largest absolute Gasteiger partial charge is 0.342 e. The molecule has 1 saturated carbocycles. The Hall–Kier alpha value is -0.900. The summed E-state index contributed by atoms with van der Waals surface area (Å²) in [5.74, 6) is 1.60. The zero-order chi connectivity index (χ0) is 13.2. The highest BCUT2D eigenvalue weighted by Crippen LogP contribution is 2.28. The Morgan fingerprint density at radius 3 is 2.84 bits per heavy atom. The Morgan fingerprint density at radius 1 is 1.26 bits per heavy atom. The Bertz CT molecular complexity index is 534. The molecule has 19 heavy (non-hydrogen) atoms. The van der Waals surface area contributed by atoms with Gasteiger partial charge in [-0.15, -0.1) is 0 Å². The van der Waals surface area contributed by atoms with Crippen LogP contribution in [-0.4, -0.2) is 9.97 Å². The molecule has 1 aromatic carbocycles. The van der Waals surface area contributed by atoms with Crippen molar-refractivity contribution < 1.29 is 4.39 Å². The molecule has 0 amide bonds. The number of fused-ring (bicyclic) bond motifs is 1. The fourth-order valence-electron chi connectivity index (χ4n) is 2.99. The number of aromatic amines is 1. The highest BCUT2D eigenvalue weighted by molar-refractivity contribution is 9.10. The summed E-state index contributed by atoms with van der Waals surface area (Å²) < 4.78 is 13.9. The molecule has 102 valence electrons. The summed E-state index contributed by atoms with van der Waals surface area (Å²) in [6.45, 7) is 0. The minimum absolute atomic E-state index is 0.241. The number of aryl methyl sites for hydroxylation is 1. The van der Waals surface area contributed by atoms with Crippen molar-refractivity contribution in [2.45, 2.75) is 44.9 Å². The highest BCUT2D eigenvalue weighted by atomic mass is 79.9. The van der Waals surface area contributed by atoms with Gasteiger partial charge in [0.1, 0.15) is 11.6 Å². The Balaban J connectivity index is 1.70. The average Bonchev–Trinajstić information content (AvgIpc) is 2.80. The van der Waals surface area contributed by atoms with Crippen molar-refractivity contribution in [1.82, 2.24) is 9.97 Å². The van der Waals surface area contributed by atoms with E-state index in [0.29, 0.717) is 4.47 Å². The molecular weight excluding hydrogens is 307 g/mol. The van der Waals surface area contributed by atoms with E-state index in [1.54, 1.807) is 6.07 Å². The summed E-state index contributed by atoms with van der Waals surface area (Å²) in [6.07, 6.45) is 9.04. The number of imidazole rings is 1. The van der Waals surface area contributed by atoms with Gasteiger partial charge >= 0.3 is 0 Å². The number of nitrogens with one attached hydrogen (secondary N) is 1. The lowest BCUT2D eigenvalue weighted by Crippen LogP contribution is -2.07. The van der Waals surface area contributed by atoms with Crippen molar-refractivity contribution in [2.24, 2.45) is 5.92 Å². The number of hydrogen-bond donors (Lipinski definition) is 1. The molecule has 2 aromatic rings. The van der Waals surface area contributed by atoms with Crippen molar-refractivity contribution in [3.05, 3.63) is 28.2 Å². The van der Waals surface area contributed by atoms with E-state index in [0.717, 1.165) is 29.2 Å². The summed E-state index contributed by atoms with van der Waals surface area (Å²) in [6, 6.07) is 3.25. The summed E-state index contributed by atoms with van der Waals surface area (Å²) >= 11 is 3.20. The summed E-state index contributed by atoms with van der Waals surface area (Å²) in [5.41, 5.74) is 1.63. The van der Waals surface area contributed by atoms with E-state index in [9.17, 15) is 4.39 Å². The van der Waals surface area contributed by atoms with Crippen molar-refractivity contribution in [3.8, 4) is 0 Å². The number of halogens is 2. The topological polar surface area (TPSA) is 28.7 Å². The SMILES string of the molecule is Fc1cc2[nH]c(CCC3CCCCC3)nc2cc1Br. The Labute approximate surface area is 120 Å². The van der Waals surface area contributed by atoms with E-state index >= 15 is 0 Å². The minimum atomic E-state index is -0.241. The predicted octanol–water partition coefficient (Wildman–Crippen LogP) is 4.98. The number of nitrogens with zero attached hydrogens (tertiary/aromatic N) is 1. The number of hydrogen-bond acceptors (Lipinski definition) is 1. The second-order valence-corrected chi connectivity index (χ2v) is 6.36. The van der Waals surface area contributed by atoms with Gasteiger partial charge in [0.15, 0.2) is 0 Å². The van der Waals surface area contributed by atoms with Gasteiger partial charge in [0.05, 0.1) is 15.5 Å². The Kier molecular flexibility index (Phi) is 3.87. The average molecular weight is 325 g/mol. The molecule has 1 aliphatic rings. The molecule has 1 N–H and O–H groups in total. The lowest BCUT2D eigenvalue weighted by atomic mass is 9.86. The molecule has 0 unspecified atom stereocenters. The van der Waals surface area contributed by atoms with Gasteiger partial charge in [0.2, 0.25) is 0 Å². The first kappa shape index (κ1) is 13.1. The lowest BCUT2D eigenvalue weighted by molar-refractivity contribution is 0.337. The molecule has 4 heteroatoms. The van der Waals surface area contributed by atoms with Gasteiger partial charge in [-0.2, -0.15) is 0 Å². The molecule has 0 aliphatic heterocycles. The summed E-state index contributed by atoms with van der Waals surface area (Å²) in [4.78, 5) is 7.78. The zero-order valence-corrected chi connectivity index (χ0v) is 12.5. The molecule has 2 nitrogen and oxygen atoms in total. The van der Waals surface area contributed by atoms with Gasteiger partial charge in [0.25, 0.3) is 0 Å². The first-order valence-electron chi connectivity index (χ1n) is 7.06. The summed E-state index contributed by atoms with van der Waals surface area (Å²) in [7, 11) is 0. The van der Waals surface area contributed by atoms with Crippen LogP contribution in [0.5, 0.6) is 0 Å². The smallest absolute Gasteiger partial charge is 0.139 e. The van der Waals surface area contributed by atoms with Crippen LogP contribution in [0.2, 0.25) is 0 Å². The Morgan fingerprint density at radius 2 is 2.05 bits per heavy atom. The molecular formula is C15H18BrFN2. The molecule has 0 radical (unpaired) electrons. The van der Waals surface area contributed by atoms with E-state index in [1.807, 2.05) is 0 Å². The normalized spacial score (nSPS) is 17.2. The van der Waals surface area contributed by atoms with Gasteiger partial charge in [-0.25, -0.2) is 9.37 Å². The van der Waals surface area contributed by atoms with Gasteiger partial charge in [-0.05, 0) is 34.3 Å². The molecule has 0 bridgehead atoms. The third-order valence-electron chi connectivity index (χ3n) is 4.09. The van der Waals surface area contributed by atoms with Gasteiger partial charge < -0.3 is 4.98 Å². The zero-order valence-electron chi connectivity index (χ0n) is 10.9. The molecule has 1 fully saturated rings. The molecule has 0 atom stereocenters. The van der Waals surface area contributed by atoms with Crippen LogP contribution in [0.25, 0.3) is 11.0 Å². The van der Waals surface area contributed by atoms with Crippen LogP contribution < -0.4 is 0 Å². The first-order chi connectivity index (χ1) is 9.22. The monoisotopic (exact) mass is 324 g/mol. The molecule has 0 spiro atoms. The van der Waals surface area contributed by atoms with Crippen LogP contribution in [0, 0.1) is 11.7 Å². The lowest BCUT2D eigenvalue weighted by Gasteiger charge is -2.20. The number of benzene rings is 1. The number of H-pyrrole nitrogens is 1. The van der Waals surface area contributed by atoms with Gasteiger partial charge in [-0.1, -0.05) is 32.1 Å². The highest BCUT2D eigenvalue weighted by Gasteiger charge is 2.14. The van der Waals surface area contributed by atoms with E-state index in [2.05, 4.69) is 25.9 Å². The number of rotatable bonds is 3. The maximum atomic E-state index is 13.4. The van der Waals surface area contributed by atoms with Gasteiger partial charge in [0, 0.05) is 12.5 Å². The van der Waals surface area contributed by atoms with Crippen LogP contribution in [0.3, 0.4) is 0 Å². The molecule has 3 rings (SSSR count). The van der Waals surface area contributed by atoms with E-state index in [4.69, 9.17) is 0 Å². The van der Waals surface area contributed by atoms with Crippen molar-refractivity contribution in [3.63, 3.8) is 0 Å². The number of aromatic nitrogens is 2. The standard InChI is InChI=1S/C15H18BrFN2/c16-11-8-13-14(9-12(11)17)19-15(18-13)7-6-10-4-2-1-3-5-10/h8-10H,1-7H2,(H,18,19). The van der Waals surface area contributed by atoms with E-state index in [-0.39, 0.29) is 5.82 Å². The third-order valence-corrected chi connectivity index (χ3v) is 4.69. The maximum Gasteiger partial charge on any atom is 0.139 e. The summed E-state index contributed by atoms with van der Waals surface area (Å²) in [5, 5.41) is 0. The van der Waals surface area contributed by atoms with E-state index < -0.39 is 0 Å². The van der Waals surface area contributed by atoms with Crippen LogP contribution in [0.4, 0.5) is 4.39 Å². The van der Waals surface area contributed by atoms with Crippen LogP contribution in [0.15, 0.2) is 16.6 Å². The maximum absolute atomic E-state index is 13.4. The first-order valence-corrected chi connectivity index (χ1v) is 7.85. The minimum Gasteiger partial charge on any atom is -0.342 e. The second kappa shape index (κ2) is 5.61.